The second-order valence-corrected chi connectivity index (χ2v) is 11.6. The lowest BCUT2D eigenvalue weighted by atomic mass is 10.0. The monoisotopic (exact) mass is 604 g/mol. The van der Waals surface area contributed by atoms with Gasteiger partial charge in [-0.05, 0) is 89.0 Å². The Kier molecular flexibility index (Phi) is 6.43. The molecule has 9 aromatic rings. The van der Waals surface area contributed by atoms with Gasteiger partial charge in [0.1, 0.15) is 16.7 Å². The zero-order chi connectivity index (χ0) is 31.2. The Morgan fingerprint density at radius 1 is 0.362 bits per heavy atom. The van der Waals surface area contributed by atoms with Gasteiger partial charge in [0.15, 0.2) is 5.58 Å². The number of hydrogen-bond donors (Lipinski definition) is 0. The molecule has 0 atom stereocenters. The number of anilines is 3. The summed E-state index contributed by atoms with van der Waals surface area (Å²) in [6.07, 6.45) is 0. The van der Waals surface area contributed by atoms with Gasteiger partial charge < -0.3 is 13.7 Å². The largest absolute Gasteiger partial charge is 0.456 e. The van der Waals surface area contributed by atoms with Crippen LogP contribution in [0.1, 0.15) is 0 Å². The maximum Gasteiger partial charge on any atom is 0.227 e. The van der Waals surface area contributed by atoms with E-state index >= 15 is 0 Å². The molecule has 47 heavy (non-hydrogen) atoms. The molecule has 0 spiro atoms. The topological polar surface area (TPSA) is 42.4 Å². The highest BCUT2D eigenvalue weighted by atomic mass is 16.4. The van der Waals surface area contributed by atoms with Crippen molar-refractivity contribution in [1.82, 2.24) is 4.98 Å². The Bertz CT molecular complexity index is 2480. The van der Waals surface area contributed by atoms with Gasteiger partial charge in [0, 0.05) is 39.5 Å². The molecule has 0 aliphatic heterocycles. The predicted molar refractivity (Wildman–Crippen MR) is 192 cm³/mol. The minimum atomic E-state index is 0.610. The van der Waals surface area contributed by atoms with Crippen LogP contribution in [-0.4, -0.2) is 4.98 Å². The molecular formula is C43H28N2O2. The van der Waals surface area contributed by atoms with Gasteiger partial charge in [-0.25, -0.2) is 4.98 Å². The summed E-state index contributed by atoms with van der Waals surface area (Å²) >= 11 is 0. The summed E-state index contributed by atoms with van der Waals surface area (Å²) in [7, 11) is 0. The molecule has 0 unspecified atom stereocenters. The minimum absolute atomic E-state index is 0.610. The van der Waals surface area contributed by atoms with E-state index in [1.807, 2.05) is 54.6 Å². The van der Waals surface area contributed by atoms with Crippen molar-refractivity contribution < 1.29 is 8.83 Å². The molecule has 0 saturated heterocycles. The van der Waals surface area contributed by atoms with Crippen LogP contribution in [-0.2, 0) is 0 Å². The van der Waals surface area contributed by atoms with Crippen LogP contribution < -0.4 is 4.90 Å². The molecule has 222 valence electrons. The quantitative estimate of drug-likeness (QED) is 0.189. The number of benzene rings is 7. The number of hydrogen-bond acceptors (Lipinski definition) is 4. The van der Waals surface area contributed by atoms with E-state index in [2.05, 4.69) is 120 Å². The standard InChI is InChI=1S/C43H28N2O2/c1-4-10-29(11-5-1)30-16-21-35(22-17-30)45(34-14-8-3-9-15-34)36-23-18-31(19-24-36)33-20-25-37-38-27-42-39(28-41(38)46-40(37)26-33)44-43(47-42)32-12-6-2-7-13-32/h1-28H. The van der Waals surface area contributed by atoms with Crippen LogP contribution >= 0.6 is 0 Å². The molecule has 0 N–H and O–H groups in total. The first-order valence-electron chi connectivity index (χ1n) is 15.7. The van der Waals surface area contributed by atoms with E-state index in [1.165, 1.54) is 11.1 Å². The maximum absolute atomic E-state index is 6.37. The van der Waals surface area contributed by atoms with E-state index < -0.39 is 0 Å². The highest BCUT2D eigenvalue weighted by Gasteiger charge is 2.16. The van der Waals surface area contributed by atoms with Crippen molar-refractivity contribution in [3.8, 4) is 33.7 Å². The van der Waals surface area contributed by atoms with Crippen LogP contribution in [0.2, 0.25) is 0 Å². The van der Waals surface area contributed by atoms with Gasteiger partial charge in [0.05, 0.1) is 0 Å². The number of aromatic nitrogens is 1. The lowest BCUT2D eigenvalue weighted by molar-refractivity contribution is 0.620. The van der Waals surface area contributed by atoms with Crippen molar-refractivity contribution in [3.63, 3.8) is 0 Å². The van der Waals surface area contributed by atoms with Crippen LogP contribution in [0.25, 0.3) is 66.7 Å². The van der Waals surface area contributed by atoms with Gasteiger partial charge in [-0.15, -0.1) is 0 Å². The number of fused-ring (bicyclic) bond motifs is 4. The van der Waals surface area contributed by atoms with Crippen molar-refractivity contribution in [3.05, 3.63) is 170 Å². The van der Waals surface area contributed by atoms with Crippen molar-refractivity contribution in [2.75, 3.05) is 4.90 Å². The van der Waals surface area contributed by atoms with Crippen LogP contribution in [0.4, 0.5) is 17.1 Å². The second-order valence-electron chi connectivity index (χ2n) is 11.6. The first-order valence-corrected chi connectivity index (χ1v) is 15.7. The molecule has 0 saturated carbocycles. The fourth-order valence-electron chi connectivity index (χ4n) is 6.34. The number of furan rings is 1. The summed E-state index contributed by atoms with van der Waals surface area (Å²) < 4.78 is 12.5. The molecule has 0 radical (unpaired) electrons. The van der Waals surface area contributed by atoms with Gasteiger partial charge >= 0.3 is 0 Å². The van der Waals surface area contributed by atoms with Crippen LogP contribution in [0, 0.1) is 0 Å². The van der Waals surface area contributed by atoms with Crippen LogP contribution in [0.15, 0.2) is 179 Å². The normalized spacial score (nSPS) is 11.4. The summed E-state index contributed by atoms with van der Waals surface area (Å²) in [6, 6.07) is 58.8. The average Bonchev–Trinajstić information content (AvgIpc) is 3.72. The number of nitrogens with zero attached hydrogens (tertiary/aromatic N) is 2. The Hall–Kier alpha value is -6.39. The smallest absolute Gasteiger partial charge is 0.227 e. The SMILES string of the molecule is c1ccc(-c2ccc(N(c3ccccc3)c3ccc(-c4ccc5c(c4)oc4cc6nc(-c7ccccc7)oc6cc45)cc3)cc2)cc1. The van der Waals surface area contributed by atoms with Gasteiger partial charge in [0.25, 0.3) is 0 Å². The number of rotatable bonds is 6. The maximum atomic E-state index is 6.37. The van der Waals surface area contributed by atoms with Gasteiger partial charge in [-0.2, -0.15) is 0 Å². The third-order valence-electron chi connectivity index (χ3n) is 8.71. The molecule has 7 aromatic carbocycles. The van der Waals surface area contributed by atoms with E-state index in [4.69, 9.17) is 13.8 Å². The van der Waals surface area contributed by atoms with Gasteiger partial charge in [0.2, 0.25) is 5.89 Å². The third-order valence-corrected chi connectivity index (χ3v) is 8.71. The highest BCUT2D eigenvalue weighted by molar-refractivity contribution is 6.09. The molecule has 0 fully saturated rings. The van der Waals surface area contributed by atoms with Crippen molar-refractivity contribution >= 4 is 50.1 Å². The molecule has 4 heteroatoms. The summed E-state index contributed by atoms with van der Waals surface area (Å²) in [5.74, 6) is 0.610. The number of para-hydroxylation sites is 1. The van der Waals surface area contributed by atoms with E-state index in [1.54, 1.807) is 0 Å². The summed E-state index contributed by atoms with van der Waals surface area (Å²) in [6.45, 7) is 0. The van der Waals surface area contributed by atoms with Crippen molar-refractivity contribution in [1.29, 1.82) is 0 Å². The predicted octanol–water partition coefficient (Wildman–Crippen LogP) is 12.2. The van der Waals surface area contributed by atoms with E-state index in [9.17, 15) is 0 Å². The third kappa shape index (κ3) is 4.93. The molecule has 0 bridgehead atoms. The Labute approximate surface area is 271 Å². The Morgan fingerprint density at radius 3 is 1.53 bits per heavy atom. The molecule has 2 heterocycles. The zero-order valence-electron chi connectivity index (χ0n) is 25.4. The van der Waals surface area contributed by atoms with Gasteiger partial charge in [-0.1, -0.05) is 97.1 Å². The molecule has 4 nitrogen and oxygen atoms in total. The summed E-state index contributed by atoms with van der Waals surface area (Å²) in [5.41, 5.74) is 12.0. The molecule has 0 aliphatic rings. The highest BCUT2D eigenvalue weighted by Crippen LogP contribution is 2.38. The van der Waals surface area contributed by atoms with Crippen LogP contribution in [0.3, 0.4) is 0 Å². The van der Waals surface area contributed by atoms with E-state index in [0.29, 0.717) is 5.89 Å². The first-order chi connectivity index (χ1) is 23.3. The fourth-order valence-corrected chi connectivity index (χ4v) is 6.34. The molecule has 9 rings (SSSR count). The van der Waals surface area contributed by atoms with E-state index in [-0.39, 0.29) is 0 Å². The van der Waals surface area contributed by atoms with Crippen LogP contribution in [0.5, 0.6) is 0 Å². The molecule has 0 amide bonds. The van der Waals surface area contributed by atoms with Crippen molar-refractivity contribution in [2.24, 2.45) is 0 Å². The minimum Gasteiger partial charge on any atom is -0.456 e. The fraction of sp³-hybridized carbons (Fsp3) is 0. The number of oxazole rings is 1. The zero-order valence-corrected chi connectivity index (χ0v) is 25.4. The lowest BCUT2D eigenvalue weighted by Gasteiger charge is -2.26. The molecular weight excluding hydrogens is 576 g/mol. The molecule has 2 aromatic heterocycles. The summed E-state index contributed by atoms with van der Waals surface area (Å²) in [4.78, 5) is 7.01. The van der Waals surface area contributed by atoms with Gasteiger partial charge in [-0.3, -0.25) is 0 Å². The second kappa shape index (κ2) is 11.2. The van der Waals surface area contributed by atoms with Crippen molar-refractivity contribution in [2.45, 2.75) is 0 Å². The summed E-state index contributed by atoms with van der Waals surface area (Å²) in [5, 5.41) is 2.07. The first kappa shape index (κ1) is 27.0. The Morgan fingerprint density at radius 2 is 0.872 bits per heavy atom. The van der Waals surface area contributed by atoms with E-state index in [0.717, 1.165) is 66.8 Å². The lowest BCUT2D eigenvalue weighted by Crippen LogP contribution is -2.09. The molecule has 0 aliphatic carbocycles. The average molecular weight is 605 g/mol. The Balaban J connectivity index is 1.04.